The minimum absolute atomic E-state index is 0.0133. The van der Waals surface area contributed by atoms with Crippen molar-refractivity contribution in [3.63, 3.8) is 0 Å². The molecule has 0 bridgehead atoms. The number of hydrogen-bond acceptors (Lipinski definition) is 5. The molecule has 3 heterocycles. The summed E-state index contributed by atoms with van der Waals surface area (Å²) in [6.45, 7) is 4.61. The number of nitrogens with zero attached hydrogens (tertiary/aromatic N) is 4. The number of H-pyrrole nitrogens is 2. The molecule has 0 radical (unpaired) electrons. The van der Waals surface area contributed by atoms with E-state index in [2.05, 4.69) is 33.2 Å². The Bertz CT molecular complexity index is 1430. The van der Waals surface area contributed by atoms with Crippen LogP contribution >= 0.6 is 0 Å². The molecule has 2 aromatic carbocycles. The minimum Gasteiger partial charge on any atom is -0.339 e. The third-order valence-corrected chi connectivity index (χ3v) is 7.12. The molecule has 8 nitrogen and oxygen atoms in total. The van der Waals surface area contributed by atoms with Gasteiger partial charge < -0.3 is 9.80 Å². The second-order valence-electron chi connectivity index (χ2n) is 9.49. The first-order valence-corrected chi connectivity index (χ1v) is 11.7. The average Bonchev–Trinajstić information content (AvgIpc) is 3.42. The Morgan fingerprint density at radius 1 is 1.00 bits per heavy atom. The van der Waals surface area contributed by atoms with Crippen molar-refractivity contribution < 1.29 is 4.79 Å². The van der Waals surface area contributed by atoms with Gasteiger partial charge in [-0.05, 0) is 43.2 Å². The Balaban J connectivity index is 1.12. The fourth-order valence-electron chi connectivity index (χ4n) is 4.55. The van der Waals surface area contributed by atoms with Gasteiger partial charge in [-0.3, -0.25) is 19.7 Å². The van der Waals surface area contributed by atoms with Crippen molar-refractivity contribution in [2.24, 2.45) is 0 Å². The van der Waals surface area contributed by atoms with E-state index in [1.54, 1.807) is 6.07 Å². The number of piperazine rings is 1. The number of amides is 1. The van der Waals surface area contributed by atoms with Crippen LogP contribution in [-0.4, -0.2) is 57.2 Å². The molecular formula is C26H26N6O2. The second kappa shape index (κ2) is 7.83. The Labute approximate surface area is 196 Å². The van der Waals surface area contributed by atoms with E-state index in [1.807, 2.05) is 52.3 Å². The van der Waals surface area contributed by atoms with E-state index >= 15 is 0 Å². The van der Waals surface area contributed by atoms with Gasteiger partial charge in [0.15, 0.2) is 0 Å². The van der Waals surface area contributed by atoms with Gasteiger partial charge in [0, 0.05) is 48.4 Å². The van der Waals surface area contributed by atoms with E-state index in [0.29, 0.717) is 48.6 Å². The number of nitrogens with one attached hydrogen (secondary N) is 2. The molecule has 8 heteroatoms. The van der Waals surface area contributed by atoms with Crippen LogP contribution in [0.1, 0.15) is 35.8 Å². The molecule has 1 saturated carbocycles. The summed E-state index contributed by atoms with van der Waals surface area (Å²) < 4.78 is 0. The summed E-state index contributed by atoms with van der Waals surface area (Å²) in [6.07, 6.45) is 2.39. The standard InChI is InChI=1S/C26H26N6O2/c1-26(10-11-26)22-16-21(29-30-22)17-6-8-18(9-7-17)24(34)31-12-14-32(15-13-31)25-27-20-5-3-2-4-19(20)23(33)28-25/h2-9,16H,10-15H2,1H3,(H,29,30)(H,27,28,33). The van der Waals surface area contributed by atoms with Crippen molar-refractivity contribution in [3.05, 3.63) is 76.2 Å². The number of carbonyl (C=O) groups is 1. The molecule has 1 amide bonds. The normalized spacial score (nSPS) is 17.2. The van der Waals surface area contributed by atoms with E-state index in [0.717, 1.165) is 11.3 Å². The highest BCUT2D eigenvalue weighted by Gasteiger charge is 2.40. The third-order valence-electron chi connectivity index (χ3n) is 7.12. The number of carbonyl (C=O) groups excluding carboxylic acids is 1. The van der Waals surface area contributed by atoms with Gasteiger partial charge in [0.25, 0.3) is 11.5 Å². The van der Waals surface area contributed by atoms with Gasteiger partial charge in [0.1, 0.15) is 0 Å². The van der Waals surface area contributed by atoms with Gasteiger partial charge in [0.2, 0.25) is 5.95 Å². The summed E-state index contributed by atoms with van der Waals surface area (Å²) in [5, 5.41) is 8.21. The quantitative estimate of drug-likeness (QED) is 0.493. The molecule has 1 aliphatic heterocycles. The smallest absolute Gasteiger partial charge is 0.260 e. The summed E-state index contributed by atoms with van der Waals surface area (Å²) >= 11 is 0. The fourth-order valence-corrected chi connectivity index (χ4v) is 4.55. The van der Waals surface area contributed by atoms with Gasteiger partial charge in [-0.15, -0.1) is 0 Å². The molecule has 4 aromatic rings. The maximum atomic E-state index is 13.1. The van der Waals surface area contributed by atoms with Crippen molar-refractivity contribution in [1.29, 1.82) is 0 Å². The van der Waals surface area contributed by atoms with Crippen molar-refractivity contribution in [2.45, 2.75) is 25.2 Å². The Kier molecular flexibility index (Phi) is 4.76. The molecule has 2 aliphatic rings. The van der Waals surface area contributed by atoms with Crippen LogP contribution in [0, 0.1) is 0 Å². The van der Waals surface area contributed by atoms with E-state index < -0.39 is 0 Å². The lowest BCUT2D eigenvalue weighted by Gasteiger charge is -2.35. The average molecular weight is 455 g/mol. The summed E-state index contributed by atoms with van der Waals surface area (Å²) in [6, 6.07) is 17.1. The van der Waals surface area contributed by atoms with Crippen LogP contribution in [0.4, 0.5) is 5.95 Å². The van der Waals surface area contributed by atoms with Crippen molar-refractivity contribution >= 4 is 22.8 Å². The largest absolute Gasteiger partial charge is 0.339 e. The molecule has 1 aliphatic carbocycles. The number of aromatic nitrogens is 4. The van der Waals surface area contributed by atoms with Gasteiger partial charge in [-0.1, -0.05) is 31.2 Å². The van der Waals surface area contributed by atoms with E-state index in [-0.39, 0.29) is 16.9 Å². The number of hydrogen-bond donors (Lipinski definition) is 2. The number of benzene rings is 2. The zero-order chi connectivity index (χ0) is 23.3. The van der Waals surface area contributed by atoms with Gasteiger partial charge in [-0.25, -0.2) is 4.98 Å². The van der Waals surface area contributed by atoms with Crippen LogP contribution in [0.3, 0.4) is 0 Å². The van der Waals surface area contributed by atoms with Crippen LogP contribution < -0.4 is 10.5 Å². The second-order valence-corrected chi connectivity index (χ2v) is 9.49. The molecular weight excluding hydrogens is 428 g/mol. The number of aromatic amines is 2. The van der Waals surface area contributed by atoms with Crippen LogP contribution in [0.15, 0.2) is 59.4 Å². The number of para-hydroxylation sites is 1. The van der Waals surface area contributed by atoms with Crippen LogP contribution in [0.5, 0.6) is 0 Å². The zero-order valence-corrected chi connectivity index (χ0v) is 19.0. The highest BCUT2D eigenvalue weighted by Crippen LogP contribution is 2.47. The number of rotatable bonds is 4. The minimum atomic E-state index is -0.144. The third kappa shape index (κ3) is 3.65. The Morgan fingerprint density at radius 3 is 2.47 bits per heavy atom. The summed E-state index contributed by atoms with van der Waals surface area (Å²) in [5.41, 5.74) is 4.54. The monoisotopic (exact) mass is 454 g/mol. The number of fused-ring (bicyclic) bond motifs is 1. The Morgan fingerprint density at radius 2 is 1.74 bits per heavy atom. The molecule has 6 rings (SSSR count). The number of anilines is 1. The lowest BCUT2D eigenvalue weighted by atomic mass is 10.0. The van der Waals surface area contributed by atoms with Gasteiger partial charge in [0.05, 0.1) is 16.6 Å². The molecule has 1 saturated heterocycles. The van der Waals surface area contributed by atoms with E-state index in [9.17, 15) is 9.59 Å². The molecule has 2 aromatic heterocycles. The first kappa shape index (κ1) is 20.7. The lowest BCUT2D eigenvalue weighted by molar-refractivity contribution is 0.0746. The molecule has 2 fully saturated rings. The first-order chi connectivity index (χ1) is 16.5. The maximum Gasteiger partial charge on any atom is 0.260 e. The van der Waals surface area contributed by atoms with Crippen LogP contribution in [-0.2, 0) is 5.41 Å². The molecule has 0 unspecified atom stereocenters. The fraction of sp³-hybridized carbons (Fsp3) is 0.308. The molecule has 34 heavy (non-hydrogen) atoms. The molecule has 0 spiro atoms. The van der Waals surface area contributed by atoms with Gasteiger partial charge >= 0.3 is 0 Å². The van der Waals surface area contributed by atoms with E-state index in [1.165, 1.54) is 18.5 Å². The molecule has 0 atom stereocenters. The Hall–Kier alpha value is -3.94. The van der Waals surface area contributed by atoms with Crippen molar-refractivity contribution in [1.82, 2.24) is 25.1 Å². The van der Waals surface area contributed by atoms with Gasteiger partial charge in [-0.2, -0.15) is 5.10 Å². The van der Waals surface area contributed by atoms with Crippen LogP contribution in [0.2, 0.25) is 0 Å². The highest BCUT2D eigenvalue weighted by atomic mass is 16.2. The van der Waals surface area contributed by atoms with Crippen LogP contribution in [0.25, 0.3) is 22.2 Å². The summed E-state index contributed by atoms with van der Waals surface area (Å²) in [4.78, 5) is 36.8. The predicted octanol–water partition coefficient (Wildman–Crippen LogP) is 3.33. The van der Waals surface area contributed by atoms with E-state index in [4.69, 9.17) is 0 Å². The topological polar surface area (TPSA) is 98.0 Å². The maximum absolute atomic E-state index is 13.1. The SMILES string of the molecule is CC1(c2cc(-c3ccc(C(=O)N4CCN(c5nc6ccccc6c(=O)[nH]5)CC4)cc3)n[nH]2)CC1. The van der Waals surface area contributed by atoms with Crippen molar-refractivity contribution in [2.75, 3.05) is 31.1 Å². The first-order valence-electron chi connectivity index (χ1n) is 11.7. The van der Waals surface area contributed by atoms with Crippen molar-refractivity contribution in [3.8, 4) is 11.3 Å². The lowest BCUT2D eigenvalue weighted by Crippen LogP contribution is -2.49. The zero-order valence-electron chi connectivity index (χ0n) is 19.0. The summed E-state index contributed by atoms with van der Waals surface area (Å²) in [7, 11) is 0. The summed E-state index contributed by atoms with van der Waals surface area (Å²) in [5.74, 6) is 0.568. The molecule has 172 valence electrons. The molecule has 2 N–H and O–H groups in total. The predicted molar refractivity (Wildman–Crippen MR) is 131 cm³/mol. The highest BCUT2D eigenvalue weighted by molar-refractivity contribution is 5.94.